The first-order valence-corrected chi connectivity index (χ1v) is 7.30. The second-order valence-corrected chi connectivity index (χ2v) is 5.80. The third-order valence-electron chi connectivity index (χ3n) is 3.16. The molecule has 0 N–H and O–H groups in total. The molecule has 1 aliphatic rings. The topological polar surface area (TPSA) is 39.2 Å². The molecule has 0 amide bonds. The summed E-state index contributed by atoms with van der Waals surface area (Å²) in [5.41, 5.74) is 2.67. The highest BCUT2D eigenvalue weighted by atomic mass is 32.1. The van der Waals surface area contributed by atoms with Crippen molar-refractivity contribution in [2.75, 3.05) is 6.61 Å². The molecule has 1 aliphatic carbocycles. The minimum Gasteiger partial charge on any atom is -0.461 e. The van der Waals surface area contributed by atoms with E-state index >= 15 is 0 Å². The van der Waals surface area contributed by atoms with Crippen molar-refractivity contribution in [2.45, 2.75) is 19.8 Å². The predicted octanol–water partition coefficient (Wildman–Crippen LogP) is 3.69. The van der Waals surface area contributed by atoms with Gasteiger partial charge in [-0.3, -0.25) is 0 Å². The molecule has 1 heterocycles. The molecule has 0 atom stereocenters. The van der Waals surface area contributed by atoms with Crippen molar-refractivity contribution >= 4 is 17.3 Å². The van der Waals surface area contributed by atoms with Crippen LogP contribution in [0.1, 0.15) is 28.9 Å². The number of hydrogen-bond acceptors (Lipinski definition) is 4. The smallest absolute Gasteiger partial charge is 0.357 e. The normalized spacial score (nSPS) is 14.4. The van der Waals surface area contributed by atoms with E-state index in [4.69, 9.17) is 4.74 Å². The number of carbonyl (C=O) groups excluding carboxylic acids is 1. The van der Waals surface area contributed by atoms with Crippen LogP contribution in [0.3, 0.4) is 0 Å². The van der Waals surface area contributed by atoms with E-state index in [1.54, 1.807) is 5.38 Å². The zero-order valence-electron chi connectivity index (χ0n) is 10.8. The first kappa shape index (κ1) is 12.4. The Balaban J connectivity index is 1.71. The van der Waals surface area contributed by atoms with Gasteiger partial charge in [-0.05, 0) is 25.7 Å². The maximum atomic E-state index is 11.8. The van der Waals surface area contributed by atoms with Gasteiger partial charge in [-0.25, -0.2) is 9.78 Å². The number of thiazole rings is 1. The van der Waals surface area contributed by atoms with Crippen LogP contribution in [0.2, 0.25) is 0 Å². The Kier molecular flexibility index (Phi) is 3.34. The number of esters is 1. The van der Waals surface area contributed by atoms with Crippen molar-refractivity contribution in [3.8, 4) is 10.6 Å². The van der Waals surface area contributed by atoms with Gasteiger partial charge < -0.3 is 4.74 Å². The van der Waals surface area contributed by atoms with E-state index in [1.165, 1.54) is 29.7 Å². The minimum atomic E-state index is -0.304. The van der Waals surface area contributed by atoms with Crippen LogP contribution in [0.4, 0.5) is 0 Å². The molecule has 3 nitrogen and oxygen atoms in total. The Bertz CT molecular complexity index is 584. The molecule has 98 valence electrons. The third kappa shape index (κ3) is 3.01. The molecule has 0 radical (unpaired) electrons. The number of rotatable bonds is 4. The van der Waals surface area contributed by atoms with Crippen molar-refractivity contribution in [3.05, 3.63) is 40.9 Å². The number of carbonyl (C=O) groups is 1. The molecule has 1 aromatic carbocycles. The van der Waals surface area contributed by atoms with Gasteiger partial charge in [0.1, 0.15) is 5.01 Å². The van der Waals surface area contributed by atoms with Crippen LogP contribution in [0, 0.1) is 12.8 Å². The SMILES string of the molecule is Cc1ccc(-c2nc(C(=O)OCC3CC3)cs2)cc1. The van der Waals surface area contributed by atoms with E-state index in [-0.39, 0.29) is 5.97 Å². The number of ether oxygens (including phenoxy) is 1. The zero-order valence-corrected chi connectivity index (χ0v) is 11.6. The zero-order chi connectivity index (χ0) is 13.2. The van der Waals surface area contributed by atoms with Crippen LogP contribution < -0.4 is 0 Å². The largest absolute Gasteiger partial charge is 0.461 e. The summed E-state index contributed by atoms with van der Waals surface area (Å²) in [5.74, 6) is 0.278. The standard InChI is InChI=1S/C15H15NO2S/c1-10-2-6-12(7-3-10)14-16-13(9-19-14)15(17)18-8-11-4-5-11/h2-3,6-7,9,11H,4-5,8H2,1H3. The summed E-state index contributed by atoms with van der Waals surface area (Å²) in [6.45, 7) is 2.59. The van der Waals surface area contributed by atoms with Crippen LogP contribution in [-0.4, -0.2) is 17.6 Å². The van der Waals surface area contributed by atoms with Gasteiger partial charge >= 0.3 is 5.97 Å². The number of aryl methyl sites for hydroxylation is 1. The lowest BCUT2D eigenvalue weighted by molar-refractivity contribution is 0.0480. The molecule has 1 fully saturated rings. The molecule has 0 bridgehead atoms. The molecule has 0 saturated heterocycles. The highest BCUT2D eigenvalue weighted by Crippen LogP contribution is 2.29. The van der Waals surface area contributed by atoms with Gasteiger partial charge in [0.05, 0.1) is 6.61 Å². The fourth-order valence-electron chi connectivity index (χ4n) is 1.75. The lowest BCUT2D eigenvalue weighted by Gasteiger charge is -2.00. The van der Waals surface area contributed by atoms with E-state index in [2.05, 4.69) is 4.98 Å². The van der Waals surface area contributed by atoms with Crippen molar-refractivity contribution in [1.82, 2.24) is 4.98 Å². The molecular weight excluding hydrogens is 258 g/mol. The number of aromatic nitrogens is 1. The molecule has 0 aliphatic heterocycles. The van der Waals surface area contributed by atoms with Gasteiger partial charge in [-0.1, -0.05) is 29.8 Å². The van der Waals surface area contributed by atoms with E-state index in [9.17, 15) is 4.79 Å². The van der Waals surface area contributed by atoms with Gasteiger partial charge in [0, 0.05) is 10.9 Å². The summed E-state index contributed by atoms with van der Waals surface area (Å²) >= 11 is 1.47. The average molecular weight is 273 g/mol. The molecule has 1 aromatic heterocycles. The van der Waals surface area contributed by atoms with Crippen molar-refractivity contribution in [2.24, 2.45) is 5.92 Å². The Labute approximate surface area is 116 Å². The fourth-order valence-corrected chi connectivity index (χ4v) is 2.54. The monoisotopic (exact) mass is 273 g/mol. The molecule has 19 heavy (non-hydrogen) atoms. The lowest BCUT2D eigenvalue weighted by Crippen LogP contribution is -2.07. The summed E-state index contributed by atoms with van der Waals surface area (Å²) in [7, 11) is 0. The third-order valence-corrected chi connectivity index (χ3v) is 4.05. The number of benzene rings is 1. The average Bonchev–Trinajstić information content (AvgIpc) is 3.12. The van der Waals surface area contributed by atoms with Gasteiger partial charge in [0.2, 0.25) is 0 Å². The number of hydrogen-bond donors (Lipinski definition) is 0. The summed E-state index contributed by atoms with van der Waals surface area (Å²) in [5, 5.41) is 2.63. The Morgan fingerprint density at radius 1 is 1.37 bits per heavy atom. The molecule has 1 saturated carbocycles. The second kappa shape index (κ2) is 5.13. The van der Waals surface area contributed by atoms with E-state index in [0.717, 1.165) is 10.6 Å². The maximum Gasteiger partial charge on any atom is 0.357 e. The molecular formula is C15H15NO2S. The Hall–Kier alpha value is -1.68. The predicted molar refractivity (Wildman–Crippen MR) is 75.3 cm³/mol. The van der Waals surface area contributed by atoms with Gasteiger partial charge in [0.15, 0.2) is 5.69 Å². The summed E-state index contributed by atoms with van der Waals surface area (Å²) in [6.07, 6.45) is 2.36. The lowest BCUT2D eigenvalue weighted by atomic mass is 10.2. The fraction of sp³-hybridized carbons (Fsp3) is 0.333. The van der Waals surface area contributed by atoms with Crippen LogP contribution >= 0.6 is 11.3 Å². The van der Waals surface area contributed by atoms with Gasteiger partial charge in [0.25, 0.3) is 0 Å². The minimum absolute atomic E-state index is 0.304. The quantitative estimate of drug-likeness (QED) is 0.798. The Morgan fingerprint density at radius 2 is 2.11 bits per heavy atom. The summed E-state index contributed by atoms with van der Waals surface area (Å²) in [6, 6.07) is 8.13. The van der Waals surface area contributed by atoms with Crippen molar-refractivity contribution in [1.29, 1.82) is 0 Å². The molecule has 0 unspecified atom stereocenters. The van der Waals surface area contributed by atoms with E-state index < -0.39 is 0 Å². The first-order chi connectivity index (χ1) is 9.22. The highest BCUT2D eigenvalue weighted by molar-refractivity contribution is 7.13. The Morgan fingerprint density at radius 3 is 2.79 bits per heavy atom. The molecule has 3 rings (SSSR count). The van der Waals surface area contributed by atoms with Crippen LogP contribution in [0.25, 0.3) is 10.6 Å². The van der Waals surface area contributed by atoms with Crippen LogP contribution in [0.5, 0.6) is 0 Å². The van der Waals surface area contributed by atoms with Crippen LogP contribution in [-0.2, 0) is 4.74 Å². The van der Waals surface area contributed by atoms with Crippen molar-refractivity contribution in [3.63, 3.8) is 0 Å². The molecule has 2 aromatic rings. The summed E-state index contributed by atoms with van der Waals surface area (Å²) < 4.78 is 5.23. The van der Waals surface area contributed by atoms with E-state index in [1.807, 2.05) is 31.2 Å². The summed E-state index contributed by atoms with van der Waals surface area (Å²) in [4.78, 5) is 16.2. The van der Waals surface area contributed by atoms with Crippen molar-refractivity contribution < 1.29 is 9.53 Å². The molecule has 0 spiro atoms. The van der Waals surface area contributed by atoms with Gasteiger partial charge in [-0.2, -0.15) is 0 Å². The highest BCUT2D eigenvalue weighted by Gasteiger charge is 2.24. The number of nitrogens with zero attached hydrogens (tertiary/aromatic N) is 1. The first-order valence-electron chi connectivity index (χ1n) is 6.42. The second-order valence-electron chi connectivity index (χ2n) is 4.95. The maximum absolute atomic E-state index is 11.8. The molecule has 4 heteroatoms. The van der Waals surface area contributed by atoms with E-state index in [0.29, 0.717) is 18.2 Å². The van der Waals surface area contributed by atoms with Gasteiger partial charge in [-0.15, -0.1) is 11.3 Å². The van der Waals surface area contributed by atoms with Crippen LogP contribution in [0.15, 0.2) is 29.6 Å².